The summed E-state index contributed by atoms with van der Waals surface area (Å²) in [6.07, 6.45) is 0. The molecule has 4 aromatic carbocycles. The molecule has 36 heavy (non-hydrogen) atoms. The van der Waals surface area contributed by atoms with Crippen LogP contribution in [0.25, 0.3) is 11.1 Å². The lowest BCUT2D eigenvalue weighted by Gasteiger charge is -2.13. The minimum absolute atomic E-state index is 0.0824. The Hall–Kier alpha value is -4.42. The van der Waals surface area contributed by atoms with E-state index < -0.39 is 11.9 Å². The van der Waals surface area contributed by atoms with Gasteiger partial charge in [0.15, 0.2) is 0 Å². The van der Waals surface area contributed by atoms with Crippen molar-refractivity contribution in [2.24, 2.45) is 0 Å². The second-order valence-corrected chi connectivity index (χ2v) is 7.98. The van der Waals surface area contributed by atoms with Gasteiger partial charge in [0.25, 0.3) is 0 Å². The first-order valence-electron chi connectivity index (χ1n) is 11.5. The average molecular weight is 483 g/mol. The largest absolute Gasteiger partial charge is 0.491 e. The average Bonchev–Trinajstić information content (AvgIpc) is 2.94. The number of carbonyl (C=O) groups excluding carboxylic acids is 2. The number of rotatable bonds is 10. The molecule has 0 aliphatic rings. The van der Waals surface area contributed by atoms with Crippen LogP contribution in [-0.2, 0) is 22.7 Å². The zero-order valence-corrected chi connectivity index (χ0v) is 19.6. The molecule has 0 amide bonds. The second kappa shape index (κ2) is 12.3. The monoisotopic (exact) mass is 482 g/mol. The van der Waals surface area contributed by atoms with E-state index in [2.05, 4.69) is 0 Å². The summed E-state index contributed by atoms with van der Waals surface area (Å²) in [7, 11) is 0. The van der Waals surface area contributed by atoms with Crippen LogP contribution in [0.5, 0.6) is 5.75 Å². The van der Waals surface area contributed by atoms with Crippen LogP contribution in [0.4, 0.5) is 0 Å². The van der Waals surface area contributed by atoms with E-state index in [1.54, 1.807) is 24.3 Å². The molecule has 4 rings (SSSR count). The predicted molar refractivity (Wildman–Crippen MR) is 136 cm³/mol. The highest BCUT2D eigenvalue weighted by molar-refractivity contribution is 6.01. The highest BCUT2D eigenvalue weighted by atomic mass is 16.5. The fourth-order valence-corrected chi connectivity index (χ4v) is 3.59. The van der Waals surface area contributed by atoms with Gasteiger partial charge in [0, 0.05) is 0 Å². The maximum Gasteiger partial charge on any atom is 0.339 e. The molecule has 4 aromatic rings. The zero-order chi connectivity index (χ0) is 25.2. The van der Waals surface area contributed by atoms with Crippen molar-refractivity contribution < 1.29 is 28.9 Å². The minimum atomic E-state index is -0.549. The zero-order valence-electron chi connectivity index (χ0n) is 19.6. The van der Waals surface area contributed by atoms with E-state index in [1.807, 2.05) is 72.8 Å². The van der Waals surface area contributed by atoms with Gasteiger partial charge in [-0.3, -0.25) is 0 Å². The van der Waals surface area contributed by atoms with Gasteiger partial charge in [-0.25, -0.2) is 9.59 Å². The van der Waals surface area contributed by atoms with Crippen LogP contribution in [0, 0.1) is 0 Å². The number of benzene rings is 4. The predicted octanol–water partition coefficient (Wildman–Crippen LogP) is 5.44. The Morgan fingerprint density at radius 1 is 0.667 bits per heavy atom. The summed E-state index contributed by atoms with van der Waals surface area (Å²) in [5.41, 5.74) is 3.60. The molecule has 0 aromatic heterocycles. The summed E-state index contributed by atoms with van der Waals surface area (Å²) >= 11 is 0. The molecule has 0 aliphatic carbocycles. The van der Waals surface area contributed by atoms with Crippen molar-refractivity contribution in [2.45, 2.75) is 13.2 Å². The number of aliphatic hydroxyl groups is 1. The van der Waals surface area contributed by atoms with Crippen LogP contribution >= 0.6 is 0 Å². The minimum Gasteiger partial charge on any atom is -0.491 e. The van der Waals surface area contributed by atoms with E-state index in [9.17, 15) is 9.59 Å². The maximum atomic E-state index is 13.1. The van der Waals surface area contributed by atoms with Gasteiger partial charge in [0.05, 0.1) is 17.7 Å². The summed E-state index contributed by atoms with van der Waals surface area (Å²) in [5.74, 6) is -0.482. The Bertz CT molecular complexity index is 1280. The lowest BCUT2D eigenvalue weighted by atomic mass is 9.97. The summed E-state index contributed by atoms with van der Waals surface area (Å²) in [5, 5.41) is 8.95. The van der Waals surface area contributed by atoms with Gasteiger partial charge in [0.1, 0.15) is 25.6 Å². The molecule has 0 unspecified atom stereocenters. The molecule has 0 saturated carbocycles. The molecular weight excluding hydrogens is 456 g/mol. The Kier molecular flexibility index (Phi) is 8.46. The summed E-state index contributed by atoms with van der Waals surface area (Å²) in [4.78, 5) is 25.9. The van der Waals surface area contributed by atoms with Gasteiger partial charge >= 0.3 is 11.9 Å². The number of ether oxygens (including phenoxy) is 3. The van der Waals surface area contributed by atoms with Gasteiger partial charge < -0.3 is 19.3 Å². The summed E-state index contributed by atoms with van der Waals surface area (Å²) < 4.78 is 16.4. The molecule has 0 heterocycles. The van der Waals surface area contributed by atoms with E-state index in [1.165, 1.54) is 6.07 Å². The van der Waals surface area contributed by atoms with E-state index in [0.717, 1.165) is 16.7 Å². The normalized spacial score (nSPS) is 10.5. The molecule has 0 spiro atoms. The first-order valence-corrected chi connectivity index (χ1v) is 11.5. The Morgan fingerprint density at radius 2 is 1.25 bits per heavy atom. The Balaban J connectivity index is 1.58. The quantitative estimate of drug-likeness (QED) is 0.303. The van der Waals surface area contributed by atoms with E-state index in [0.29, 0.717) is 11.3 Å². The van der Waals surface area contributed by atoms with Crippen molar-refractivity contribution in [1.82, 2.24) is 0 Å². The first-order chi connectivity index (χ1) is 17.6. The van der Waals surface area contributed by atoms with Crippen molar-refractivity contribution >= 4 is 11.9 Å². The van der Waals surface area contributed by atoms with E-state index >= 15 is 0 Å². The highest BCUT2D eigenvalue weighted by Crippen LogP contribution is 2.28. The third-order valence-electron chi connectivity index (χ3n) is 5.43. The molecular formula is C30H26O6. The standard InChI is InChI=1S/C30H26O6/c31-17-18-34-26-14-11-24(12-15-26)27-16-13-25(29(32)35-20-22-7-3-1-4-8-22)19-28(27)30(33)36-21-23-9-5-2-6-10-23/h1-16,19,31H,17-18,20-21H2. The third kappa shape index (κ3) is 6.58. The molecule has 0 aliphatic heterocycles. The van der Waals surface area contributed by atoms with E-state index in [-0.39, 0.29) is 37.6 Å². The van der Waals surface area contributed by atoms with Crippen molar-refractivity contribution in [2.75, 3.05) is 13.2 Å². The van der Waals surface area contributed by atoms with Crippen LogP contribution in [0.1, 0.15) is 31.8 Å². The molecule has 0 radical (unpaired) electrons. The molecule has 6 nitrogen and oxygen atoms in total. The van der Waals surface area contributed by atoms with Gasteiger partial charge in [-0.15, -0.1) is 0 Å². The molecule has 6 heteroatoms. The fraction of sp³-hybridized carbons (Fsp3) is 0.133. The SMILES string of the molecule is O=C(OCc1ccccc1)c1ccc(-c2ccc(OCCO)cc2)c(C(=O)OCc2ccccc2)c1. The summed E-state index contributed by atoms with van der Waals surface area (Å²) in [6.45, 7) is 0.345. The number of esters is 2. The van der Waals surface area contributed by atoms with Crippen LogP contribution in [0.2, 0.25) is 0 Å². The fourth-order valence-electron chi connectivity index (χ4n) is 3.59. The third-order valence-corrected chi connectivity index (χ3v) is 5.43. The Morgan fingerprint density at radius 3 is 1.83 bits per heavy atom. The number of hydrogen-bond acceptors (Lipinski definition) is 6. The van der Waals surface area contributed by atoms with Crippen LogP contribution in [0.3, 0.4) is 0 Å². The van der Waals surface area contributed by atoms with Crippen molar-refractivity contribution in [3.05, 3.63) is 125 Å². The molecule has 1 N–H and O–H groups in total. The van der Waals surface area contributed by atoms with Gasteiger partial charge in [-0.2, -0.15) is 0 Å². The van der Waals surface area contributed by atoms with Gasteiger partial charge in [0.2, 0.25) is 0 Å². The molecule has 182 valence electrons. The number of hydrogen-bond donors (Lipinski definition) is 1. The lowest BCUT2D eigenvalue weighted by molar-refractivity contribution is 0.0471. The van der Waals surface area contributed by atoms with Gasteiger partial charge in [-0.1, -0.05) is 78.9 Å². The van der Waals surface area contributed by atoms with Crippen molar-refractivity contribution in [3.63, 3.8) is 0 Å². The van der Waals surface area contributed by atoms with E-state index in [4.69, 9.17) is 19.3 Å². The van der Waals surface area contributed by atoms with Gasteiger partial charge in [-0.05, 0) is 46.5 Å². The first kappa shape index (κ1) is 24.7. The highest BCUT2D eigenvalue weighted by Gasteiger charge is 2.19. The maximum absolute atomic E-state index is 13.1. The van der Waals surface area contributed by atoms with Crippen molar-refractivity contribution in [1.29, 1.82) is 0 Å². The molecule has 0 bridgehead atoms. The summed E-state index contributed by atoms with van der Waals surface area (Å²) in [6, 6.07) is 30.7. The number of carbonyl (C=O) groups is 2. The van der Waals surface area contributed by atoms with Crippen LogP contribution in [-0.4, -0.2) is 30.3 Å². The number of aliphatic hydroxyl groups excluding tert-OH is 1. The van der Waals surface area contributed by atoms with Crippen LogP contribution < -0.4 is 4.74 Å². The topological polar surface area (TPSA) is 82.1 Å². The molecule has 0 saturated heterocycles. The smallest absolute Gasteiger partial charge is 0.339 e. The van der Waals surface area contributed by atoms with Crippen LogP contribution in [0.15, 0.2) is 103 Å². The van der Waals surface area contributed by atoms with Crippen molar-refractivity contribution in [3.8, 4) is 16.9 Å². The second-order valence-electron chi connectivity index (χ2n) is 7.98. The molecule has 0 atom stereocenters. The Labute approximate surface area is 209 Å². The lowest BCUT2D eigenvalue weighted by Crippen LogP contribution is -2.11. The molecule has 0 fully saturated rings.